The van der Waals surface area contributed by atoms with E-state index in [0.717, 1.165) is 0 Å². The largest absolute Gasteiger partial charge is 0.508 e. The van der Waals surface area contributed by atoms with Crippen LogP contribution < -0.4 is 5.43 Å². The smallest absolute Gasteiger partial charge is 0.358 e. The molecule has 0 unspecified atom stereocenters. The molecule has 0 bridgehead atoms. The first-order valence-electron chi connectivity index (χ1n) is 6.16. The molecule has 0 aliphatic carbocycles. The summed E-state index contributed by atoms with van der Waals surface area (Å²) < 4.78 is 4.87. The second-order valence-corrected chi connectivity index (χ2v) is 4.26. The van der Waals surface area contributed by atoms with E-state index in [4.69, 9.17) is 16.3 Å². The summed E-state index contributed by atoms with van der Waals surface area (Å²) in [5.74, 6) is -0.394. The molecule has 0 saturated heterocycles. The molecule has 2 N–H and O–H groups in total. The minimum Gasteiger partial charge on any atom is -0.508 e. The van der Waals surface area contributed by atoms with E-state index in [2.05, 4.69) is 10.5 Å². The fourth-order valence-electron chi connectivity index (χ4n) is 1.42. The Kier molecular flexibility index (Phi) is 6.59. The number of carbonyl (C=O) groups is 1. The Hall–Kier alpha value is -2.01. The Morgan fingerprint density at radius 3 is 2.95 bits per heavy atom. The normalized spacial score (nSPS) is 11.7. The van der Waals surface area contributed by atoms with E-state index in [1.807, 2.05) is 0 Å². The maximum Gasteiger partial charge on any atom is 0.358 e. The van der Waals surface area contributed by atoms with E-state index in [1.165, 1.54) is 6.07 Å². The first kappa shape index (κ1) is 16.0. The quantitative estimate of drug-likeness (QED) is 0.481. The van der Waals surface area contributed by atoms with Crippen LogP contribution in [0.25, 0.3) is 0 Å². The Morgan fingerprint density at radius 1 is 1.55 bits per heavy atom. The van der Waals surface area contributed by atoms with E-state index in [-0.39, 0.29) is 24.6 Å². The molecule has 108 valence electrons. The molecule has 1 rings (SSSR count). The van der Waals surface area contributed by atoms with Gasteiger partial charge in [-0.1, -0.05) is 17.7 Å². The zero-order chi connectivity index (χ0) is 15.0. The molecule has 6 heteroatoms. The van der Waals surface area contributed by atoms with Crippen LogP contribution in [0, 0.1) is 0 Å². The van der Waals surface area contributed by atoms with Crippen molar-refractivity contribution in [3.63, 3.8) is 0 Å². The van der Waals surface area contributed by atoms with Crippen molar-refractivity contribution in [3.8, 4) is 5.75 Å². The van der Waals surface area contributed by atoms with Crippen molar-refractivity contribution in [3.05, 3.63) is 40.9 Å². The highest BCUT2D eigenvalue weighted by Crippen LogP contribution is 2.20. The van der Waals surface area contributed by atoms with Crippen molar-refractivity contribution in [1.29, 1.82) is 0 Å². The van der Waals surface area contributed by atoms with Crippen molar-refractivity contribution in [1.82, 2.24) is 5.43 Å². The van der Waals surface area contributed by atoms with Crippen molar-refractivity contribution >= 4 is 23.3 Å². The van der Waals surface area contributed by atoms with Gasteiger partial charge in [0.2, 0.25) is 0 Å². The number of phenolic OH excluding ortho intramolecular Hbond substituents is 1. The lowest BCUT2D eigenvalue weighted by Crippen LogP contribution is -2.19. The first-order valence-corrected chi connectivity index (χ1v) is 6.54. The number of esters is 1. The van der Waals surface area contributed by atoms with Crippen molar-refractivity contribution in [2.24, 2.45) is 5.10 Å². The number of ether oxygens (including phenoxy) is 1. The van der Waals surface area contributed by atoms with Gasteiger partial charge >= 0.3 is 5.97 Å². The van der Waals surface area contributed by atoms with E-state index in [0.29, 0.717) is 10.6 Å². The van der Waals surface area contributed by atoms with Crippen LogP contribution in [-0.2, 0) is 16.1 Å². The third kappa shape index (κ3) is 4.93. The highest BCUT2D eigenvalue weighted by atomic mass is 35.5. The molecule has 0 fully saturated rings. The van der Waals surface area contributed by atoms with Crippen molar-refractivity contribution < 1.29 is 14.6 Å². The summed E-state index contributed by atoms with van der Waals surface area (Å²) in [6, 6.07) is 4.72. The molecular weight excluding hydrogens is 280 g/mol. The predicted molar refractivity (Wildman–Crippen MR) is 78.8 cm³/mol. The van der Waals surface area contributed by atoms with Crippen LogP contribution in [0.4, 0.5) is 0 Å². The van der Waals surface area contributed by atoms with Crippen LogP contribution in [-0.4, -0.2) is 23.4 Å². The number of halogens is 1. The highest BCUT2D eigenvalue weighted by molar-refractivity contribution is 6.41. The summed E-state index contributed by atoms with van der Waals surface area (Å²) in [6.07, 6.45) is 3.23. The van der Waals surface area contributed by atoms with Gasteiger partial charge in [-0.25, -0.2) is 4.79 Å². The Morgan fingerprint density at radius 2 is 2.30 bits per heavy atom. The number of hydrazone groups is 1. The number of hydrogen-bond donors (Lipinski definition) is 2. The fourth-order valence-corrected chi connectivity index (χ4v) is 1.61. The van der Waals surface area contributed by atoms with Gasteiger partial charge in [0, 0.05) is 10.6 Å². The topological polar surface area (TPSA) is 70.9 Å². The lowest BCUT2D eigenvalue weighted by Gasteiger charge is -2.06. The van der Waals surface area contributed by atoms with Gasteiger partial charge in [-0.2, -0.15) is 5.10 Å². The lowest BCUT2D eigenvalue weighted by molar-refractivity contribution is -0.134. The van der Waals surface area contributed by atoms with Crippen LogP contribution in [0.15, 0.2) is 35.5 Å². The van der Waals surface area contributed by atoms with Crippen LogP contribution >= 0.6 is 11.6 Å². The number of nitrogens with one attached hydrogen (secondary N) is 1. The molecule has 1 aromatic carbocycles. The molecule has 1 aromatic rings. The summed E-state index contributed by atoms with van der Waals surface area (Å²) >= 11 is 5.84. The molecule has 0 aromatic heterocycles. The van der Waals surface area contributed by atoms with Crippen molar-refractivity contribution in [2.75, 3.05) is 6.61 Å². The Bertz CT molecular complexity index is 527. The molecule has 0 atom stereocenters. The number of rotatable bonds is 6. The number of hydrogen-bond acceptors (Lipinski definition) is 5. The summed E-state index contributed by atoms with van der Waals surface area (Å²) in [5.41, 5.74) is 3.46. The van der Waals surface area contributed by atoms with Gasteiger partial charge in [-0.15, -0.1) is 0 Å². The van der Waals surface area contributed by atoms with Gasteiger partial charge < -0.3 is 15.3 Å². The van der Waals surface area contributed by atoms with Gasteiger partial charge in [0.1, 0.15) is 5.75 Å². The molecule has 0 aliphatic heterocycles. The SMILES string of the molecule is C/C=C/C(=N\NCc1cc(Cl)ccc1O)C(=O)OCC. The minimum atomic E-state index is -0.506. The predicted octanol–water partition coefficient (Wildman–Crippen LogP) is 2.63. The number of allylic oxidation sites excluding steroid dienone is 1. The van der Waals surface area contributed by atoms with E-state index < -0.39 is 5.97 Å². The molecule has 0 aliphatic rings. The van der Waals surface area contributed by atoms with Gasteiger partial charge in [0.25, 0.3) is 0 Å². The molecule has 0 radical (unpaired) electrons. The molecule has 0 spiro atoms. The molecule has 0 amide bonds. The third-order valence-electron chi connectivity index (χ3n) is 2.32. The average Bonchev–Trinajstić information content (AvgIpc) is 2.42. The first-order chi connectivity index (χ1) is 9.58. The molecule has 5 nitrogen and oxygen atoms in total. The maximum atomic E-state index is 11.6. The van der Waals surface area contributed by atoms with Gasteiger partial charge in [0.15, 0.2) is 5.71 Å². The third-order valence-corrected chi connectivity index (χ3v) is 2.55. The Balaban J connectivity index is 2.73. The zero-order valence-electron chi connectivity index (χ0n) is 11.4. The number of aromatic hydroxyl groups is 1. The van der Waals surface area contributed by atoms with Gasteiger partial charge in [-0.3, -0.25) is 0 Å². The van der Waals surface area contributed by atoms with Crippen LogP contribution in [0.3, 0.4) is 0 Å². The van der Waals surface area contributed by atoms with E-state index in [9.17, 15) is 9.90 Å². The Labute approximate surface area is 122 Å². The second-order valence-electron chi connectivity index (χ2n) is 3.83. The second kappa shape index (κ2) is 8.22. The number of nitrogens with zero attached hydrogens (tertiary/aromatic N) is 1. The lowest BCUT2D eigenvalue weighted by atomic mass is 10.2. The number of carbonyl (C=O) groups excluding carboxylic acids is 1. The monoisotopic (exact) mass is 296 g/mol. The van der Waals surface area contributed by atoms with Crippen LogP contribution in [0.1, 0.15) is 19.4 Å². The molecule has 0 saturated carbocycles. The number of phenols is 1. The van der Waals surface area contributed by atoms with E-state index >= 15 is 0 Å². The van der Waals surface area contributed by atoms with E-state index in [1.54, 1.807) is 38.1 Å². The molecule has 0 heterocycles. The van der Waals surface area contributed by atoms with Gasteiger partial charge in [0.05, 0.1) is 13.2 Å². The number of benzene rings is 1. The maximum absolute atomic E-state index is 11.6. The van der Waals surface area contributed by atoms with Crippen LogP contribution in [0.2, 0.25) is 5.02 Å². The average molecular weight is 297 g/mol. The summed E-state index contributed by atoms with van der Waals surface area (Å²) in [4.78, 5) is 11.6. The summed E-state index contributed by atoms with van der Waals surface area (Å²) in [7, 11) is 0. The summed E-state index contributed by atoms with van der Waals surface area (Å²) in [5, 5.41) is 14.1. The highest BCUT2D eigenvalue weighted by Gasteiger charge is 2.09. The van der Waals surface area contributed by atoms with Gasteiger partial charge in [-0.05, 0) is 38.1 Å². The summed E-state index contributed by atoms with van der Waals surface area (Å²) in [6.45, 7) is 4.03. The molecular formula is C14H17ClN2O3. The van der Waals surface area contributed by atoms with Crippen molar-refractivity contribution in [2.45, 2.75) is 20.4 Å². The fraction of sp³-hybridized carbons (Fsp3) is 0.286. The minimum absolute atomic E-state index is 0.112. The molecule has 20 heavy (non-hydrogen) atoms. The van der Waals surface area contributed by atoms with Crippen LogP contribution in [0.5, 0.6) is 5.75 Å². The standard InChI is InChI=1S/C14H17ClN2O3/c1-3-5-12(14(19)20-4-2)17-16-9-10-8-11(15)6-7-13(10)18/h3,5-8,16,18H,4,9H2,1-2H3/b5-3+,17-12+. The zero-order valence-corrected chi connectivity index (χ0v) is 12.1.